The minimum Gasteiger partial charge on any atom is -0.427 e. The molecule has 3 aromatic rings. The van der Waals surface area contributed by atoms with Crippen molar-refractivity contribution in [2.45, 2.75) is 33.9 Å². The van der Waals surface area contributed by atoms with E-state index < -0.39 is 70.1 Å². The van der Waals surface area contributed by atoms with Crippen LogP contribution in [0.3, 0.4) is 0 Å². The van der Waals surface area contributed by atoms with E-state index in [0.29, 0.717) is 12.1 Å². The molecule has 0 saturated heterocycles. The second-order valence-electron chi connectivity index (χ2n) is 9.09. The standard InChI is InChI=1S/C29H23F3N2O10/c1-12(35)41-19-8-21(25(27(33)39)23(10-19)43-14(3)37)16-5-17(7-18(6-16)29(30,31)32)22-9-20(42-13(2)36)11-24(44-15(4)38)26(22)28(34)40/h5-11H,1-4H3,(H2,33,39)(H2,34,40). The number of alkyl halides is 3. The zero-order valence-electron chi connectivity index (χ0n) is 23.4. The molecule has 4 N–H and O–H groups in total. The third kappa shape index (κ3) is 7.76. The fraction of sp³-hybridized carbons (Fsp3) is 0.172. The first kappa shape index (κ1) is 32.8. The smallest absolute Gasteiger partial charge is 0.416 e. The van der Waals surface area contributed by atoms with Gasteiger partial charge in [0, 0.05) is 51.0 Å². The zero-order valence-corrected chi connectivity index (χ0v) is 23.4. The van der Waals surface area contributed by atoms with Crippen molar-refractivity contribution in [3.63, 3.8) is 0 Å². The average molecular weight is 617 g/mol. The van der Waals surface area contributed by atoms with E-state index in [0.717, 1.165) is 58.0 Å². The summed E-state index contributed by atoms with van der Waals surface area (Å²) in [5.41, 5.74) is 7.16. The molecule has 0 bridgehead atoms. The number of carbonyl (C=O) groups is 6. The van der Waals surface area contributed by atoms with Crippen molar-refractivity contribution in [1.82, 2.24) is 0 Å². The molecule has 44 heavy (non-hydrogen) atoms. The van der Waals surface area contributed by atoms with Gasteiger partial charge in [0.25, 0.3) is 11.8 Å². The number of carbonyl (C=O) groups excluding carboxylic acids is 6. The van der Waals surface area contributed by atoms with Crippen LogP contribution in [0.25, 0.3) is 22.3 Å². The molecule has 0 saturated carbocycles. The molecule has 0 fully saturated rings. The highest BCUT2D eigenvalue weighted by molar-refractivity contribution is 6.06. The summed E-state index contributed by atoms with van der Waals surface area (Å²) in [5.74, 6) is -7.72. The lowest BCUT2D eigenvalue weighted by Gasteiger charge is -2.19. The molecule has 0 aliphatic heterocycles. The molecule has 0 aliphatic carbocycles. The number of hydrogen-bond donors (Lipinski definition) is 2. The summed E-state index contributed by atoms with van der Waals surface area (Å²) in [6.07, 6.45) is -5.02. The monoisotopic (exact) mass is 616 g/mol. The van der Waals surface area contributed by atoms with Gasteiger partial charge >= 0.3 is 30.1 Å². The van der Waals surface area contributed by atoms with E-state index in [1.54, 1.807) is 0 Å². The molecule has 0 spiro atoms. The minimum absolute atomic E-state index is 0.320. The van der Waals surface area contributed by atoms with Crippen LogP contribution in [-0.4, -0.2) is 35.7 Å². The van der Waals surface area contributed by atoms with Gasteiger partial charge in [-0.1, -0.05) is 0 Å². The molecule has 0 atom stereocenters. The molecule has 0 unspecified atom stereocenters. The first-order chi connectivity index (χ1) is 20.4. The van der Waals surface area contributed by atoms with Gasteiger partial charge in [0.1, 0.15) is 23.0 Å². The maximum absolute atomic E-state index is 14.2. The average Bonchev–Trinajstić information content (AvgIpc) is 2.85. The number of amides is 2. The van der Waals surface area contributed by atoms with E-state index in [9.17, 15) is 41.9 Å². The van der Waals surface area contributed by atoms with Gasteiger partial charge in [-0.3, -0.25) is 28.8 Å². The van der Waals surface area contributed by atoms with E-state index >= 15 is 0 Å². The fourth-order valence-electron chi connectivity index (χ4n) is 4.17. The SMILES string of the molecule is CC(=O)Oc1cc(OC(C)=O)c(C(N)=O)c(-c2cc(-c3cc(OC(C)=O)cc(OC(C)=O)c3C(N)=O)cc(C(F)(F)F)c2)c1. The van der Waals surface area contributed by atoms with Gasteiger partial charge in [0.2, 0.25) is 0 Å². The molecule has 12 nitrogen and oxygen atoms in total. The van der Waals surface area contributed by atoms with Gasteiger partial charge in [-0.05, 0) is 41.5 Å². The van der Waals surface area contributed by atoms with Crippen molar-refractivity contribution in [3.8, 4) is 45.3 Å². The van der Waals surface area contributed by atoms with Crippen LogP contribution in [0, 0.1) is 0 Å². The van der Waals surface area contributed by atoms with Gasteiger partial charge in [-0.15, -0.1) is 0 Å². The summed E-state index contributed by atoms with van der Waals surface area (Å²) in [4.78, 5) is 72.0. The Hall–Kier alpha value is -5.73. The molecule has 230 valence electrons. The summed E-state index contributed by atoms with van der Waals surface area (Å²) in [6, 6.07) is 6.29. The van der Waals surface area contributed by atoms with Crippen molar-refractivity contribution in [2.75, 3.05) is 0 Å². The first-order valence-corrected chi connectivity index (χ1v) is 12.3. The Bertz CT molecular complexity index is 1620. The van der Waals surface area contributed by atoms with Crippen LogP contribution in [0.2, 0.25) is 0 Å². The highest BCUT2D eigenvalue weighted by Crippen LogP contribution is 2.43. The Balaban J connectivity index is 2.53. The van der Waals surface area contributed by atoms with Gasteiger partial charge in [0.05, 0.1) is 16.7 Å². The fourth-order valence-corrected chi connectivity index (χ4v) is 4.17. The Kier molecular flexibility index (Phi) is 9.42. The van der Waals surface area contributed by atoms with E-state index in [1.807, 2.05) is 0 Å². The van der Waals surface area contributed by atoms with Crippen LogP contribution in [0.1, 0.15) is 54.0 Å². The second-order valence-corrected chi connectivity index (χ2v) is 9.09. The van der Waals surface area contributed by atoms with E-state index in [4.69, 9.17) is 30.4 Å². The quantitative estimate of drug-likeness (QED) is 0.277. The van der Waals surface area contributed by atoms with Gasteiger partial charge < -0.3 is 30.4 Å². The number of halogens is 3. The van der Waals surface area contributed by atoms with Crippen molar-refractivity contribution in [3.05, 3.63) is 59.2 Å². The Labute approximate surface area is 246 Å². The molecule has 2 amide bonds. The van der Waals surface area contributed by atoms with Crippen LogP contribution < -0.4 is 30.4 Å². The van der Waals surface area contributed by atoms with Crippen LogP contribution in [0.5, 0.6) is 23.0 Å². The topological polar surface area (TPSA) is 191 Å². The first-order valence-electron chi connectivity index (χ1n) is 12.3. The van der Waals surface area contributed by atoms with Crippen molar-refractivity contribution >= 4 is 35.7 Å². The van der Waals surface area contributed by atoms with Gasteiger partial charge in [-0.25, -0.2) is 0 Å². The van der Waals surface area contributed by atoms with E-state index in [-0.39, 0.29) is 33.8 Å². The van der Waals surface area contributed by atoms with Crippen LogP contribution in [0.15, 0.2) is 42.5 Å². The molecule has 0 radical (unpaired) electrons. The second kappa shape index (κ2) is 12.6. The highest BCUT2D eigenvalue weighted by atomic mass is 19.4. The number of primary amides is 2. The number of nitrogens with two attached hydrogens (primary N) is 2. The number of hydrogen-bond acceptors (Lipinski definition) is 10. The maximum atomic E-state index is 14.2. The molecular formula is C29H23F3N2O10. The molecule has 0 heterocycles. The van der Waals surface area contributed by atoms with Crippen LogP contribution >= 0.6 is 0 Å². The number of ether oxygens (including phenoxy) is 4. The highest BCUT2D eigenvalue weighted by Gasteiger charge is 2.33. The lowest BCUT2D eigenvalue weighted by atomic mass is 9.90. The summed E-state index contributed by atoms with van der Waals surface area (Å²) in [7, 11) is 0. The third-order valence-corrected chi connectivity index (χ3v) is 5.56. The van der Waals surface area contributed by atoms with Gasteiger partial charge in [-0.2, -0.15) is 13.2 Å². The summed E-state index contributed by atoms with van der Waals surface area (Å²) >= 11 is 0. The molecule has 3 rings (SSSR count). The molecule has 0 aromatic heterocycles. The normalized spacial score (nSPS) is 10.9. The summed E-state index contributed by atoms with van der Waals surface area (Å²) < 4.78 is 62.9. The Morgan fingerprint density at radius 2 is 0.886 bits per heavy atom. The van der Waals surface area contributed by atoms with Crippen LogP contribution in [0.4, 0.5) is 13.2 Å². The number of rotatable bonds is 8. The van der Waals surface area contributed by atoms with Crippen molar-refractivity contribution in [2.24, 2.45) is 11.5 Å². The lowest BCUT2D eigenvalue weighted by molar-refractivity contribution is -0.137. The largest absolute Gasteiger partial charge is 0.427 e. The predicted molar refractivity (Wildman–Crippen MR) is 145 cm³/mol. The Morgan fingerprint density at radius 1 is 0.545 bits per heavy atom. The molecule has 15 heteroatoms. The summed E-state index contributed by atoms with van der Waals surface area (Å²) in [6.45, 7) is 4.01. The molecule has 3 aromatic carbocycles. The number of benzene rings is 3. The van der Waals surface area contributed by atoms with Crippen LogP contribution in [-0.2, 0) is 25.4 Å². The van der Waals surface area contributed by atoms with E-state index in [1.165, 1.54) is 0 Å². The number of esters is 4. The van der Waals surface area contributed by atoms with Gasteiger partial charge in [0.15, 0.2) is 0 Å². The predicted octanol–water partition coefficient (Wildman–Crippen LogP) is 3.94. The van der Waals surface area contributed by atoms with Crippen molar-refractivity contribution in [1.29, 1.82) is 0 Å². The molecule has 0 aliphatic rings. The van der Waals surface area contributed by atoms with E-state index in [2.05, 4.69) is 0 Å². The third-order valence-electron chi connectivity index (χ3n) is 5.56. The lowest BCUT2D eigenvalue weighted by Crippen LogP contribution is -2.17. The Morgan fingerprint density at radius 3 is 1.16 bits per heavy atom. The summed E-state index contributed by atoms with van der Waals surface area (Å²) in [5, 5.41) is 0. The zero-order chi connectivity index (χ0) is 33.1. The van der Waals surface area contributed by atoms with Crippen molar-refractivity contribution < 1.29 is 60.9 Å². The maximum Gasteiger partial charge on any atom is 0.416 e. The molecular weight excluding hydrogens is 593 g/mol. The minimum atomic E-state index is -5.02.